The van der Waals surface area contributed by atoms with Gasteiger partial charge in [-0.2, -0.15) is 0 Å². The van der Waals surface area contributed by atoms with Gasteiger partial charge in [-0.3, -0.25) is 4.79 Å². The summed E-state index contributed by atoms with van der Waals surface area (Å²) < 4.78 is 5.29. The summed E-state index contributed by atoms with van der Waals surface area (Å²) in [7, 11) is 0. The zero-order chi connectivity index (χ0) is 13.2. The van der Waals surface area contributed by atoms with Gasteiger partial charge in [0.05, 0.1) is 13.2 Å². The van der Waals surface area contributed by atoms with Crippen molar-refractivity contribution in [2.75, 3.05) is 19.8 Å². The van der Waals surface area contributed by atoms with Crippen molar-refractivity contribution in [2.45, 2.75) is 13.0 Å². The molecule has 0 heterocycles. The van der Waals surface area contributed by atoms with Gasteiger partial charge in [0.2, 0.25) is 0 Å². The molecule has 0 spiro atoms. The lowest BCUT2D eigenvalue weighted by atomic mass is 10.1. The Morgan fingerprint density at radius 2 is 2.06 bits per heavy atom. The lowest BCUT2D eigenvalue weighted by Gasteiger charge is -2.06. The zero-order valence-corrected chi connectivity index (χ0v) is 10.5. The third-order valence-electron chi connectivity index (χ3n) is 2.45. The van der Waals surface area contributed by atoms with E-state index in [0.29, 0.717) is 31.9 Å². The van der Waals surface area contributed by atoms with Crippen molar-refractivity contribution in [2.24, 2.45) is 5.73 Å². The van der Waals surface area contributed by atoms with Crippen molar-refractivity contribution in [3.8, 4) is 0 Å². The fraction of sp³-hybridized carbons (Fsp3) is 0.357. The summed E-state index contributed by atoms with van der Waals surface area (Å²) in [4.78, 5) is 11.7. The van der Waals surface area contributed by atoms with Crippen LogP contribution in [0.2, 0.25) is 0 Å². The highest BCUT2D eigenvalue weighted by atomic mass is 16.5. The minimum atomic E-state index is -0.0918. The first-order valence-corrected chi connectivity index (χ1v) is 6.03. The molecule has 4 heteroatoms. The molecule has 1 rings (SSSR count). The van der Waals surface area contributed by atoms with Crippen LogP contribution in [0, 0.1) is 0 Å². The van der Waals surface area contributed by atoms with E-state index in [1.807, 2.05) is 12.1 Å². The maximum Gasteiger partial charge on any atom is 0.251 e. The summed E-state index contributed by atoms with van der Waals surface area (Å²) >= 11 is 0. The molecule has 1 aromatic carbocycles. The molecule has 3 N–H and O–H groups in total. The van der Waals surface area contributed by atoms with Gasteiger partial charge in [0.1, 0.15) is 0 Å². The molecule has 0 aliphatic rings. The third-order valence-corrected chi connectivity index (χ3v) is 2.45. The van der Waals surface area contributed by atoms with Crippen molar-refractivity contribution in [3.05, 3.63) is 48.0 Å². The van der Waals surface area contributed by atoms with Gasteiger partial charge in [0, 0.05) is 18.7 Å². The number of carbonyl (C=O) groups excluding carboxylic acids is 1. The molecule has 0 saturated heterocycles. The van der Waals surface area contributed by atoms with E-state index in [1.54, 1.807) is 18.2 Å². The zero-order valence-electron chi connectivity index (χ0n) is 10.5. The molecule has 0 aliphatic heterocycles. The predicted octanol–water partition coefficient (Wildman–Crippen LogP) is 1.47. The molecule has 0 radical (unpaired) electrons. The van der Waals surface area contributed by atoms with E-state index in [-0.39, 0.29) is 5.91 Å². The Kier molecular flexibility index (Phi) is 6.76. The molecule has 0 saturated carbocycles. The van der Waals surface area contributed by atoms with Gasteiger partial charge in [-0.05, 0) is 24.1 Å². The first-order chi connectivity index (χ1) is 8.77. The van der Waals surface area contributed by atoms with Crippen LogP contribution in [0.5, 0.6) is 0 Å². The molecular weight excluding hydrogens is 228 g/mol. The van der Waals surface area contributed by atoms with E-state index in [1.165, 1.54) is 0 Å². The number of benzene rings is 1. The first-order valence-electron chi connectivity index (χ1n) is 6.03. The highest BCUT2D eigenvalue weighted by Crippen LogP contribution is 2.03. The smallest absolute Gasteiger partial charge is 0.251 e. The quantitative estimate of drug-likeness (QED) is 0.541. The summed E-state index contributed by atoms with van der Waals surface area (Å²) in [6.07, 6.45) is 2.63. The van der Waals surface area contributed by atoms with Crippen molar-refractivity contribution in [1.82, 2.24) is 5.32 Å². The van der Waals surface area contributed by atoms with Crippen LogP contribution >= 0.6 is 0 Å². The van der Waals surface area contributed by atoms with Crippen LogP contribution in [0.4, 0.5) is 0 Å². The molecule has 0 unspecified atom stereocenters. The third kappa shape index (κ3) is 5.12. The van der Waals surface area contributed by atoms with Gasteiger partial charge >= 0.3 is 0 Å². The molecule has 0 atom stereocenters. The highest BCUT2D eigenvalue weighted by molar-refractivity contribution is 5.94. The van der Waals surface area contributed by atoms with Crippen LogP contribution in [-0.2, 0) is 11.3 Å². The standard InChI is InChI=1S/C14H20N2O2/c1-2-3-9-18-10-8-16-14(17)13-6-4-12(11-15)5-7-13/h2,4-7H,1,3,8-11,15H2,(H,16,17). The highest BCUT2D eigenvalue weighted by Gasteiger charge is 2.03. The van der Waals surface area contributed by atoms with Gasteiger partial charge in [-0.25, -0.2) is 0 Å². The summed E-state index contributed by atoms with van der Waals surface area (Å²) in [6.45, 7) is 5.75. The molecule has 1 amide bonds. The first kappa shape index (κ1) is 14.4. The number of rotatable bonds is 8. The van der Waals surface area contributed by atoms with Gasteiger partial charge < -0.3 is 15.8 Å². The van der Waals surface area contributed by atoms with Gasteiger partial charge in [-0.15, -0.1) is 6.58 Å². The second-order valence-electron chi connectivity index (χ2n) is 3.85. The van der Waals surface area contributed by atoms with Crippen LogP contribution in [-0.4, -0.2) is 25.7 Å². The van der Waals surface area contributed by atoms with Crippen molar-refractivity contribution in [1.29, 1.82) is 0 Å². The number of ether oxygens (including phenoxy) is 1. The Morgan fingerprint density at radius 3 is 2.67 bits per heavy atom. The summed E-state index contributed by atoms with van der Waals surface area (Å²) in [5, 5.41) is 2.79. The maximum atomic E-state index is 11.7. The average Bonchev–Trinajstić information content (AvgIpc) is 2.42. The van der Waals surface area contributed by atoms with Gasteiger partial charge in [-0.1, -0.05) is 18.2 Å². The van der Waals surface area contributed by atoms with Crippen molar-refractivity contribution >= 4 is 5.91 Å². The average molecular weight is 248 g/mol. The molecule has 0 bridgehead atoms. The molecule has 1 aromatic rings. The number of hydrogen-bond donors (Lipinski definition) is 2. The Bertz CT molecular complexity index is 374. The Balaban J connectivity index is 2.25. The summed E-state index contributed by atoms with van der Waals surface area (Å²) in [5.41, 5.74) is 7.14. The van der Waals surface area contributed by atoms with E-state index in [2.05, 4.69) is 11.9 Å². The predicted molar refractivity (Wildman–Crippen MR) is 72.3 cm³/mol. The molecule has 0 aliphatic carbocycles. The fourth-order valence-electron chi connectivity index (χ4n) is 1.40. The minimum Gasteiger partial charge on any atom is -0.379 e. The number of hydrogen-bond acceptors (Lipinski definition) is 3. The summed E-state index contributed by atoms with van der Waals surface area (Å²) in [5.74, 6) is -0.0918. The van der Waals surface area contributed by atoms with Crippen LogP contribution in [0.15, 0.2) is 36.9 Å². The Hall–Kier alpha value is -1.65. The maximum absolute atomic E-state index is 11.7. The summed E-state index contributed by atoms with van der Waals surface area (Å²) in [6, 6.07) is 7.26. The number of amides is 1. The van der Waals surface area contributed by atoms with E-state index < -0.39 is 0 Å². The molecule has 98 valence electrons. The molecule has 4 nitrogen and oxygen atoms in total. The van der Waals surface area contributed by atoms with E-state index >= 15 is 0 Å². The monoisotopic (exact) mass is 248 g/mol. The second-order valence-corrected chi connectivity index (χ2v) is 3.85. The molecule has 18 heavy (non-hydrogen) atoms. The number of carbonyl (C=O) groups is 1. The molecular formula is C14H20N2O2. The lowest BCUT2D eigenvalue weighted by Crippen LogP contribution is -2.27. The fourth-order valence-corrected chi connectivity index (χ4v) is 1.40. The van der Waals surface area contributed by atoms with Crippen LogP contribution in [0.1, 0.15) is 22.3 Å². The Labute approximate surface area is 108 Å². The minimum absolute atomic E-state index is 0.0918. The van der Waals surface area contributed by atoms with Crippen LogP contribution < -0.4 is 11.1 Å². The van der Waals surface area contributed by atoms with Crippen LogP contribution in [0.25, 0.3) is 0 Å². The van der Waals surface area contributed by atoms with E-state index in [9.17, 15) is 4.79 Å². The molecule has 0 aromatic heterocycles. The lowest BCUT2D eigenvalue weighted by molar-refractivity contribution is 0.0918. The van der Waals surface area contributed by atoms with E-state index in [0.717, 1.165) is 12.0 Å². The van der Waals surface area contributed by atoms with E-state index in [4.69, 9.17) is 10.5 Å². The molecule has 0 fully saturated rings. The SMILES string of the molecule is C=CCCOCCNC(=O)c1ccc(CN)cc1. The largest absolute Gasteiger partial charge is 0.379 e. The second kappa shape index (κ2) is 8.44. The topological polar surface area (TPSA) is 64.3 Å². The Morgan fingerprint density at radius 1 is 1.33 bits per heavy atom. The van der Waals surface area contributed by atoms with Crippen molar-refractivity contribution < 1.29 is 9.53 Å². The normalized spacial score (nSPS) is 10.1. The van der Waals surface area contributed by atoms with Crippen LogP contribution in [0.3, 0.4) is 0 Å². The van der Waals surface area contributed by atoms with Gasteiger partial charge in [0.15, 0.2) is 0 Å². The van der Waals surface area contributed by atoms with Gasteiger partial charge in [0.25, 0.3) is 5.91 Å². The number of nitrogens with one attached hydrogen (secondary N) is 1. The number of nitrogens with two attached hydrogens (primary N) is 1. The van der Waals surface area contributed by atoms with Crippen molar-refractivity contribution in [3.63, 3.8) is 0 Å².